The molecule has 0 spiro atoms. The van der Waals surface area contributed by atoms with Gasteiger partial charge in [-0.25, -0.2) is 9.97 Å². The van der Waals surface area contributed by atoms with Gasteiger partial charge in [0, 0.05) is 11.8 Å². The van der Waals surface area contributed by atoms with E-state index in [2.05, 4.69) is 20.2 Å². The molecule has 0 aliphatic carbocycles. The highest BCUT2D eigenvalue weighted by molar-refractivity contribution is 5.59. The Hall–Kier alpha value is -2.89. The fourth-order valence-electron chi connectivity index (χ4n) is 1.75. The number of azo groups is 1. The Labute approximate surface area is 120 Å². The maximum absolute atomic E-state index is 12.7. The van der Waals surface area contributed by atoms with Crippen LogP contribution in [0.2, 0.25) is 0 Å². The van der Waals surface area contributed by atoms with Crippen LogP contribution in [0.5, 0.6) is 0 Å². The average Bonchev–Trinajstić information content (AvgIpc) is 3.04. The Morgan fingerprint density at radius 3 is 2.57 bits per heavy atom. The van der Waals surface area contributed by atoms with Gasteiger partial charge in [0.2, 0.25) is 5.95 Å². The van der Waals surface area contributed by atoms with E-state index < -0.39 is 5.95 Å². The molecule has 3 rings (SSSR count). The van der Waals surface area contributed by atoms with Gasteiger partial charge >= 0.3 is 0 Å². The fraction of sp³-hybridized carbons (Fsp3) is 0.0667. The molecule has 2 aromatic heterocycles. The minimum Gasteiger partial charge on any atom is -0.444 e. The van der Waals surface area contributed by atoms with Crippen molar-refractivity contribution in [2.45, 2.75) is 6.54 Å². The molecule has 0 aliphatic heterocycles. The summed E-state index contributed by atoms with van der Waals surface area (Å²) < 4.78 is 17.9. The van der Waals surface area contributed by atoms with Crippen molar-refractivity contribution in [1.82, 2.24) is 9.97 Å². The van der Waals surface area contributed by atoms with Gasteiger partial charge in [-0.15, -0.1) is 0 Å². The third-order valence-corrected chi connectivity index (χ3v) is 2.81. The van der Waals surface area contributed by atoms with Crippen molar-refractivity contribution >= 4 is 5.69 Å². The standard InChI is InChI=1S/C15H11FN4O/c16-15-6-1-11(7-18-15)8-19-20-13-4-2-12(3-5-13)14-9-17-10-21-14/h1-7,9-10H,8H2. The van der Waals surface area contributed by atoms with Crippen molar-refractivity contribution in [3.8, 4) is 11.3 Å². The van der Waals surface area contributed by atoms with Crippen molar-refractivity contribution in [2.75, 3.05) is 0 Å². The number of oxazole rings is 1. The molecule has 0 amide bonds. The summed E-state index contributed by atoms with van der Waals surface area (Å²) in [6.45, 7) is 0.358. The molecule has 0 bridgehead atoms. The van der Waals surface area contributed by atoms with Gasteiger partial charge in [0.05, 0.1) is 18.4 Å². The SMILES string of the molecule is Fc1ccc(CN=Nc2ccc(-c3cnco3)cc2)cn1. The van der Waals surface area contributed by atoms with Crippen LogP contribution in [0.3, 0.4) is 0 Å². The van der Waals surface area contributed by atoms with Crippen molar-refractivity contribution in [2.24, 2.45) is 10.2 Å². The Morgan fingerprint density at radius 2 is 1.90 bits per heavy atom. The first-order valence-electron chi connectivity index (χ1n) is 6.28. The number of hydrogen-bond acceptors (Lipinski definition) is 5. The smallest absolute Gasteiger partial charge is 0.212 e. The van der Waals surface area contributed by atoms with Crippen LogP contribution < -0.4 is 0 Å². The van der Waals surface area contributed by atoms with Crippen LogP contribution >= 0.6 is 0 Å². The number of nitrogens with zero attached hydrogens (tertiary/aromatic N) is 4. The molecule has 0 N–H and O–H groups in total. The molecule has 0 fully saturated rings. The van der Waals surface area contributed by atoms with Gasteiger partial charge in [0.25, 0.3) is 0 Å². The lowest BCUT2D eigenvalue weighted by molar-refractivity contribution is 0.572. The molecule has 0 saturated carbocycles. The highest BCUT2D eigenvalue weighted by Crippen LogP contribution is 2.22. The first kappa shape index (κ1) is 13.1. The van der Waals surface area contributed by atoms with E-state index in [1.165, 1.54) is 18.7 Å². The van der Waals surface area contributed by atoms with Crippen LogP contribution in [0.4, 0.5) is 10.1 Å². The van der Waals surface area contributed by atoms with Gasteiger partial charge in [-0.05, 0) is 35.9 Å². The van der Waals surface area contributed by atoms with Crippen LogP contribution in [0, 0.1) is 5.95 Å². The Bertz CT molecular complexity index is 721. The second kappa shape index (κ2) is 6.04. The molecule has 104 valence electrons. The maximum atomic E-state index is 12.7. The van der Waals surface area contributed by atoms with Gasteiger partial charge in [-0.3, -0.25) is 0 Å². The zero-order chi connectivity index (χ0) is 14.5. The average molecular weight is 282 g/mol. The molecule has 3 aromatic rings. The normalized spacial score (nSPS) is 11.1. The van der Waals surface area contributed by atoms with E-state index in [0.717, 1.165) is 16.8 Å². The lowest BCUT2D eigenvalue weighted by Crippen LogP contribution is -1.85. The third-order valence-electron chi connectivity index (χ3n) is 2.81. The zero-order valence-corrected chi connectivity index (χ0v) is 11.0. The first-order chi connectivity index (χ1) is 10.3. The molecule has 0 unspecified atom stereocenters. The van der Waals surface area contributed by atoms with Crippen LogP contribution in [0.1, 0.15) is 5.56 Å². The topological polar surface area (TPSA) is 63.6 Å². The summed E-state index contributed by atoms with van der Waals surface area (Å²) in [6.07, 6.45) is 4.49. The van der Waals surface area contributed by atoms with Gasteiger partial charge in [0.15, 0.2) is 12.2 Å². The van der Waals surface area contributed by atoms with Crippen LogP contribution in [-0.2, 0) is 6.54 Å². The summed E-state index contributed by atoms with van der Waals surface area (Å²) in [4.78, 5) is 7.43. The Morgan fingerprint density at radius 1 is 1.05 bits per heavy atom. The number of rotatable bonds is 4. The first-order valence-corrected chi connectivity index (χ1v) is 6.28. The van der Waals surface area contributed by atoms with Gasteiger partial charge in [-0.2, -0.15) is 14.6 Å². The molecule has 2 heterocycles. The monoisotopic (exact) mass is 282 g/mol. The molecule has 0 atom stereocenters. The molecular formula is C15H11FN4O. The lowest BCUT2D eigenvalue weighted by Gasteiger charge is -1.97. The number of aromatic nitrogens is 2. The Balaban J connectivity index is 1.65. The van der Waals surface area contributed by atoms with Crippen LogP contribution in [0.15, 0.2) is 69.8 Å². The van der Waals surface area contributed by atoms with Crippen molar-refractivity contribution in [1.29, 1.82) is 0 Å². The molecular weight excluding hydrogens is 271 g/mol. The minimum atomic E-state index is -0.501. The van der Waals surface area contributed by atoms with Crippen molar-refractivity contribution in [3.63, 3.8) is 0 Å². The van der Waals surface area contributed by atoms with Crippen molar-refractivity contribution in [3.05, 3.63) is 66.7 Å². The molecule has 5 nitrogen and oxygen atoms in total. The van der Waals surface area contributed by atoms with Gasteiger partial charge < -0.3 is 4.42 Å². The predicted molar refractivity (Wildman–Crippen MR) is 74.4 cm³/mol. The van der Waals surface area contributed by atoms with E-state index in [-0.39, 0.29) is 0 Å². The molecule has 0 saturated heterocycles. The fourth-order valence-corrected chi connectivity index (χ4v) is 1.75. The van der Waals surface area contributed by atoms with E-state index in [9.17, 15) is 4.39 Å². The summed E-state index contributed by atoms with van der Waals surface area (Å²) in [5.41, 5.74) is 2.46. The van der Waals surface area contributed by atoms with Crippen LogP contribution in [0.25, 0.3) is 11.3 Å². The minimum absolute atomic E-state index is 0.358. The predicted octanol–water partition coefficient (Wildman–Crippen LogP) is 4.16. The summed E-state index contributed by atoms with van der Waals surface area (Å²) in [7, 11) is 0. The number of benzene rings is 1. The second-order valence-corrected chi connectivity index (χ2v) is 4.30. The maximum Gasteiger partial charge on any atom is 0.212 e. The van der Waals surface area contributed by atoms with Crippen LogP contribution in [-0.4, -0.2) is 9.97 Å². The second-order valence-electron chi connectivity index (χ2n) is 4.30. The summed E-state index contributed by atoms with van der Waals surface area (Å²) in [5, 5.41) is 8.16. The van der Waals surface area contributed by atoms with Gasteiger partial charge in [-0.1, -0.05) is 6.07 Å². The largest absolute Gasteiger partial charge is 0.444 e. The molecule has 1 aromatic carbocycles. The summed E-state index contributed by atoms with van der Waals surface area (Å²) >= 11 is 0. The molecule has 0 radical (unpaired) electrons. The van der Waals surface area contributed by atoms with Gasteiger partial charge in [0.1, 0.15) is 0 Å². The van der Waals surface area contributed by atoms with E-state index in [1.54, 1.807) is 12.3 Å². The van der Waals surface area contributed by atoms with Crippen molar-refractivity contribution < 1.29 is 8.81 Å². The highest BCUT2D eigenvalue weighted by Gasteiger charge is 2.00. The van der Waals surface area contributed by atoms with E-state index in [4.69, 9.17) is 4.42 Å². The molecule has 21 heavy (non-hydrogen) atoms. The molecule has 0 aliphatic rings. The van der Waals surface area contributed by atoms with E-state index in [0.29, 0.717) is 12.3 Å². The van der Waals surface area contributed by atoms with E-state index >= 15 is 0 Å². The quantitative estimate of drug-likeness (QED) is 0.533. The number of halogens is 1. The number of hydrogen-bond donors (Lipinski definition) is 0. The summed E-state index contributed by atoms with van der Waals surface area (Å²) in [5.74, 6) is 0.203. The summed E-state index contributed by atoms with van der Waals surface area (Å²) in [6, 6.07) is 10.4. The highest BCUT2D eigenvalue weighted by atomic mass is 19.1. The Kier molecular flexibility index (Phi) is 3.77. The lowest BCUT2D eigenvalue weighted by atomic mass is 10.2. The zero-order valence-electron chi connectivity index (χ0n) is 11.0. The number of pyridine rings is 1. The molecule has 6 heteroatoms. The van der Waals surface area contributed by atoms with E-state index in [1.807, 2.05) is 24.3 Å². The third kappa shape index (κ3) is 3.36.